The van der Waals surface area contributed by atoms with Crippen LogP contribution >= 0.6 is 11.8 Å². The lowest BCUT2D eigenvalue weighted by atomic mass is 10.2. The fourth-order valence-electron chi connectivity index (χ4n) is 3.88. The Kier molecular flexibility index (Phi) is 7.54. The van der Waals surface area contributed by atoms with Crippen molar-refractivity contribution in [3.8, 4) is 0 Å². The van der Waals surface area contributed by atoms with Gasteiger partial charge in [-0.25, -0.2) is 13.6 Å². The largest absolute Gasteiger partial charge is 0.478 e. The molecular weight excluding hydrogens is 498 g/mol. The van der Waals surface area contributed by atoms with Crippen molar-refractivity contribution in [2.45, 2.75) is 42.7 Å². The molecule has 1 heterocycles. The predicted molar refractivity (Wildman–Crippen MR) is 139 cm³/mol. The summed E-state index contributed by atoms with van der Waals surface area (Å²) < 4.78 is 34.9. The average molecular weight is 525 g/mol. The molecule has 6 nitrogen and oxygen atoms in total. The summed E-state index contributed by atoms with van der Waals surface area (Å²) in [6, 6.07) is 15.6. The Hall–Kier alpha value is -3.85. The molecule has 0 aliphatic heterocycles. The first kappa shape index (κ1) is 26.2. The van der Waals surface area contributed by atoms with Crippen LogP contribution in [-0.4, -0.2) is 33.8 Å². The minimum atomic E-state index is -1.03. The van der Waals surface area contributed by atoms with Gasteiger partial charge >= 0.3 is 11.9 Å². The highest BCUT2D eigenvalue weighted by molar-refractivity contribution is 7.99. The Labute approximate surface area is 217 Å². The number of aromatic carboxylic acids is 1. The van der Waals surface area contributed by atoms with E-state index in [2.05, 4.69) is 5.32 Å². The number of carbonyl (C=O) groups is 2. The zero-order valence-corrected chi connectivity index (χ0v) is 21.4. The highest BCUT2D eigenvalue weighted by atomic mass is 32.2. The van der Waals surface area contributed by atoms with Gasteiger partial charge in [-0.1, -0.05) is 23.9 Å². The Morgan fingerprint density at radius 3 is 2.38 bits per heavy atom. The molecule has 3 aromatic carbocycles. The molecule has 0 radical (unpaired) electrons. The fourth-order valence-corrected chi connectivity index (χ4v) is 4.99. The minimum Gasteiger partial charge on any atom is -0.478 e. The standard InChI is InChI=1S/C28H26F2N2O4S/c1-28(2,3)36-26(33)14-31-20-8-9-21-23(13-20)32(15-17-10-18(29)12-19(30)11-17)16-25(21)37-24-7-5-4-6-22(24)27(34)35/h4-13,16,31H,14-15H2,1-3H3,(H,34,35). The molecule has 0 aliphatic rings. The van der Waals surface area contributed by atoms with Crippen molar-refractivity contribution in [2.75, 3.05) is 11.9 Å². The third-order valence-electron chi connectivity index (χ3n) is 5.32. The van der Waals surface area contributed by atoms with Gasteiger partial charge in [-0.2, -0.15) is 0 Å². The molecule has 0 bridgehead atoms. The highest BCUT2D eigenvalue weighted by Gasteiger charge is 2.18. The lowest BCUT2D eigenvalue weighted by molar-refractivity contribution is -0.152. The smallest absolute Gasteiger partial charge is 0.336 e. The Bertz CT molecular complexity index is 1460. The van der Waals surface area contributed by atoms with Gasteiger partial charge in [0.15, 0.2) is 0 Å². The van der Waals surface area contributed by atoms with Crippen molar-refractivity contribution >= 4 is 40.3 Å². The fraction of sp³-hybridized carbons (Fsp3) is 0.214. The van der Waals surface area contributed by atoms with E-state index in [1.165, 1.54) is 30.0 Å². The van der Waals surface area contributed by atoms with E-state index in [0.29, 0.717) is 16.1 Å². The molecule has 0 aliphatic carbocycles. The van der Waals surface area contributed by atoms with E-state index >= 15 is 0 Å². The number of ether oxygens (including phenoxy) is 1. The number of anilines is 1. The van der Waals surface area contributed by atoms with Gasteiger partial charge in [0.25, 0.3) is 0 Å². The molecule has 9 heteroatoms. The Balaban J connectivity index is 1.71. The quantitative estimate of drug-likeness (QED) is 0.254. The molecule has 37 heavy (non-hydrogen) atoms. The van der Waals surface area contributed by atoms with Crippen LogP contribution in [0.5, 0.6) is 0 Å². The first-order valence-corrected chi connectivity index (χ1v) is 12.3. The molecule has 2 N–H and O–H groups in total. The zero-order chi connectivity index (χ0) is 26.7. The highest BCUT2D eigenvalue weighted by Crippen LogP contribution is 2.38. The van der Waals surface area contributed by atoms with Crippen molar-refractivity contribution in [3.05, 3.63) is 89.6 Å². The van der Waals surface area contributed by atoms with Gasteiger partial charge in [0.2, 0.25) is 0 Å². The van der Waals surface area contributed by atoms with E-state index in [-0.39, 0.29) is 18.7 Å². The number of rotatable bonds is 8. The number of carboxylic acid groups (broad SMARTS) is 1. The van der Waals surface area contributed by atoms with Crippen LogP contribution in [0.2, 0.25) is 0 Å². The lowest BCUT2D eigenvalue weighted by Gasteiger charge is -2.19. The average Bonchev–Trinajstić information content (AvgIpc) is 3.12. The third-order valence-corrected chi connectivity index (χ3v) is 6.44. The first-order valence-electron chi connectivity index (χ1n) is 11.5. The summed E-state index contributed by atoms with van der Waals surface area (Å²) in [4.78, 5) is 25.2. The van der Waals surface area contributed by atoms with Crippen LogP contribution in [0.15, 0.2) is 76.7 Å². The Morgan fingerprint density at radius 1 is 1.00 bits per heavy atom. The summed E-state index contributed by atoms with van der Waals surface area (Å²) in [6.45, 7) is 5.52. The molecule has 0 spiro atoms. The Morgan fingerprint density at radius 2 is 1.70 bits per heavy atom. The lowest BCUT2D eigenvalue weighted by Crippen LogP contribution is -2.28. The molecule has 4 aromatic rings. The van der Waals surface area contributed by atoms with Gasteiger partial charge in [-0.05, 0) is 68.8 Å². The molecule has 0 unspecified atom stereocenters. The van der Waals surface area contributed by atoms with E-state index < -0.39 is 29.2 Å². The number of esters is 1. The van der Waals surface area contributed by atoms with E-state index in [4.69, 9.17) is 4.74 Å². The van der Waals surface area contributed by atoms with Crippen LogP contribution in [0, 0.1) is 11.6 Å². The predicted octanol–water partition coefficient (Wildman–Crippen LogP) is 6.57. The number of carboxylic acids is 1. The van der Waals surface area contributed by atoms with Crippen LogP contribution in [-0.2, 0) is 16.1 Å². The van der Waals surface area contributed by atoms with Gasteiger partial charge < -0.3 is 19.7 Å². The second kappa shape index (κ2) is 10.6. The van der Waals surface area contributed by atoms with Gasteiger partial charge in [0.1, 0.15) is 23.8 Å². The molecule has 0 fully saturated rings. The summed E-state index contributed by atoms with van der Waals surface area (Å²) in [6.07, 6.45) is 1.83. The molecular formula is C28H26F2N2O4S. The monoisotopic (exact) mass is 524 g/mol. The maximum Gasteiger partial charge on any atom is 0.336 e. The van der Waals surface area contributed by atoms with Crippen LogP contribution < -0.4 is 5.32 Å². The maximum atomic E-state index is 13.9. The first-order chi connectivity index (χ1) is 17.5. The SMILES string of the molecule is CC(C)(C)OC(=O)CNc1ccc2c(Sc3ccccc3C(=O)O)cn(Cc3cc(F)cc(F)c3)c2c1. The van der Waals surface area contributed by atoms with Crippen molar-refractivity contribution in [1.82, 2.24) is 4.57 Å². The van der Waals surface area contributed by atoms with Crippen LogP contribution in [0.1, 0.15) is 36.7 Å². The van der Waals surface area contributed by atoms with Crippen molar-refractivity contribution < 1.29 is 28.2 Å². The molecule has 0 amide bonds. The molecule has 192 valence electrons. The van der Waals surface area contributed by atoms with Crippen LogP contribution in [0.4, 0.5) is 14.5 Å². The van der Waals surface area contributed by atoms with Crippen LogP contribution in [0.25, 0.3) is 10.9 Å². The molecule has 1 aromatic heterocycles. The van der Waals surface area contributed by atoms with Crippen molar-refractivity contribution in [3.63, 3.8) is 0 Å². The second-order valence-corrected chi connectivity index (χ2v) is 10.6. The molecule has 0 saturated heterocycles. The van der Waals surface area contributed by atoms with Gasteiger partial charge in [0, 0.05) is 39.7 Å². The number of benzene rings is 3. The second-order valence-electron chi connectivity index (χ2n) is 9.47. The summed E-state index contributed by atoms with van der Waals surface area (Å²) >= 11 is 1.30. The normalized spacial score (nSPS) is 11.5. The van der Waals surface area contributed by atoms with Crippen molar-refractivity contribution in [1.29, 1.82) is 0 Å². The van der Waals surface area contributed by atoms with Gasteiger partial charge in [0.05, 0.1) is 11.1 Å². The number of aromatic nitrogens is 1. The number of hydrogen-bond acceptors (Lipinski definition) is 5. The number of halogens is 2. The van der Waals surface area contributed by atoms with E-state index in [9.17, 15) is 23.5 Å². The van der Waals surface area contributed by atoms with Crippen molar-refractivity contribution in [2.24, 2.45) is 0 Å². The van der Waals surface area contributed by atoms with E-state index in [1.54, 1.807) is 39.0 Å². The summed E-state index contributed by atoms with van der Waals surface area (Å²) in [5, 5.41) is 13.5. The molecule has 0 saturated carbocycles. The number of hydrogen-bond donors (Lipinski definition) is 2. The van der Waals surface area contributed by atoms with Gasteiger partial charge in [-0.15, -0.1) is 0 Å². The number of nitrogens with zero attached hydrogens (tertiary/aromatic N) is 1. The zero-order valence-electron chi connectivity index (χ0n) is 20.5. The number of carbonyl (C=O) groups excluding carboxylic acids is 1. The third kappa shape index (κ3) is 6.68. The summed E-state index contributed by atoms with van der Waals surface area (Å²) in [5.74, 6) is -2.78. The number of nitrogens with one attached hydrogen (secondary N) is 1. The minimum absolute atomic E-state index is 0.0355. The molecule has 4 rings (SSSR count). The summed E-state index contributed by atoms with van der Waals surface area (Å²) in [7, 11) is 0. The number of fused-ring (bicyclic) bond motifs is 1. The maximum absolute atomic E-state index is 13.9. The topological polar surface area (TPSA) is 80.6 Å². The van der Waals surface area contributed by atoms with E-state index in [0.717, 1.165) is 21.9 Å². The molecule has 0 atom stereocenters. The van der Waals surface area contributed by atoms with Gasteiger partial charge in [-0.3, -0.25) is 4.79 Å². The van der Waals surface area contributed by atoms with E-state index in [1.807, 2.05) is 29.0 Å². The van der Waals surface area contributed by atoms with Crippen LogP contribution in [0.3, 0.4) is 0 Å². The summed E-state index contributed by atoms with van der Waals surface area (Å²) in [5.41, 5.74) is 1.41.